The van der Waals surface area contributed by atoms with E-state index in [9.17, 15) is 0 Å². The van der Waals surface area contributed by atoms with Gasteiger partial charge in [0.15, 0.2) is 0 Å². The van der Waals surface area contributed by atoms with E-state index in [-0.39, 0.29) is 6.04 Å². The van der Waals surface area contributed by atoms with Crippen molar-refractivity contribution in [3.05, 3.63) is 54.7 Å². The summed E-state index contributed by atoms with van der Waals surface area (Å²) in [4.78, 5) is 1.12. The summed E-state index contributed by atoms with van der Waals surface area (Å²) in [6.07, 6.45) is 0. The molecule has 0 saturated carbocycles. The second-order valence-electron chi connectivity index (χ2n) is 5.16. The Morgan fingerprint density at radius 1 is 0.895 bits per heavy atom. The molecule has 1 unspecified atom stereocenters. The monoisotopic (exact) mass is 293 g/mol. The van der Waals surface area contributed by atoms with Gasteiger partial charge in [-0.05, 0) is 80.1 Å². The van der Waals surface area contributed by atoms with Crippen molar-refractivity contribution in [3.63, 3.8) is 0 Å². The minimum Gasteiger partial charge on any atom is -0.320 e. The van der Waals surface area contributed by atoms with Gasteiger partial charge in [0.2, 0.25) is 0 Å². The summed E-state index contributed by atoms with van der Waals surface area (Å²) in [6, 6.07) is 3.86. The molecule has 0 aliphatic heterocycles. The van der Waals surface area contributed by atoms with Crippen molar-refractivity contribution in [2.45, 2.75) is 40.7 Å². The molecule has 2 N–H and O–H groups in total. The van der Waals surface area contributed by atoms with E-state index < -0.39 is 0 Å². The second kappa shape index (κ2) is 5.28. The van der Waals surface area contributed by atoms with Gasteiger partial charge in [0.1, 0.15) is 0 Å². The fraction of sp³-hybridized carbons (Fsp3) is 0.375. The largest absolute Gasteiger partial charge is 0.320 e. The van der Waals surface area contributed by atoms with E-state index >= 15 is 0 Å². The second-order valence-corrected chi connectivity index (χ2v) is 6.90. The summed E-state index contributed by atoms with van der Waals surface area (Å²) in [6.45, 7) is 10.9. The van der Waals surface area contributed by atoms with Crippen molar-refractivity contribution in [2.24, 2.45) is 5.73 Å². The van der Waals surface area contributed by atoms with Crippen LogP contribution in [0.25, 0.3) is 0 Å². The molecule has 0 aliphatic rings. The van der Waals surface area contributed by atoms with Crippen LogP contribution >= 0.6 is 22.9 Å². The van der Waals surface area contributed by atoms with Crippen molar-refractivity contribution >= 4 is 22.9 Å². The molecule has 0 bridgehead atoms. The van der Waals surface area contributed by atoms with Crippen LogP contribution in [0.15, 0.2) is 12.1 Å². The zero-order chi connectivity index (χ0) is 14.3. The topological polar surface area (TPSA) is 26.0 Å². The van der Waals surface area contributed by atoms with Crippen molar-refractivity contribution in [3.8, 4) is 0 Å². The minimum atomic E-state index is -0.0875. The molecular formula is C16H20ClNS. The van der Waals surface area contributed by atoms with Crippen LogP contribution in [-0.4, -0.2) is 0 Å². The summed E-state index contributed by atoms with van der Waals surface area (Å²) in [7, 11) is 0. The van der Waals surface area contributed by atoms with Crippen molar-refractivity contribution in [2.75, 3.05) is 0 Å². The predicted molar refractivity (Wildman–Crippen MR) is 85.5 cm³/mol. The molecule has 1 aromatic heterocycles. The van der Waals surface area contributed by atoms with Gasteiger partial charge in [-0.1, -0.05) is 11.6 Å². The lowest BCUT2D eigenvalue weighted by molar-refractivity contribution is 0.861. The number of benzene rings is 1. The average molecular weight is 294 g/mol. The molecule has 0 amide bonds. The average Bonchev–Trinajstić information content (AvgIpc) is 2.81. The van der Waals surface area contributed by atoms with Crippen molar-refractivity contribution in [1.29, 1.82) is 0 Å². The van der Waals surface area contributed by atoms with Crippen molar-refractivity contribution in [1.82, 2.24) is 0 Å². The number of thiophene rings is 1. The first-order valence-electron chi connectivity index (χ1n) is 6.42. The highest BCUT2D eigenvalue weighted by Crippen LogP contribution is 2.35. The van der Waals surface area contributed by atoms with Crippen LogP contribution in [0.3, 0.4) is 0 Å². The van der Waals surface area contributed by atoms with Crippen LogP contribution in [0.5, 0.6) is 0 Å². The van der Waals surface area contributed by atoms with Crippen molar-refractivity contribution < 1.29 is 0 Å². The van der Waals surface area contributed by atoms with Gasteiger partial charge in [0.05, 0.1) is 10.4 Å². The van der Waals surface area contributed by atoms with E-state index in [2.05, 4.69) is 34.6 Å². The van der Waals surface area contributed by atoms with Crippen LogP contribution in [0.1, 0.15) is 44.3 Å². The molecule has 0 saturated heterocycles. The van der Waals surface area contributed by atoms with Gasteiger partial charge < -0.3 is 5.73 Å². The van der Waals surface area contributed by atoms with Crippen LogP contribution < -0.4 is 5.73 Å². The van der Waals surface area contributed by atoms with E-state index in [0.29, 0.717) is 0 Å². The molecule has 19 heavy (non-hydrogen) atoms. The quantitative estimate of drug-likeness (QED) is 0.829. The Morgan fingerprint density at radius 3 is 1.79 bits per heavy atom. The third kappa shape index (κ3) is 2.45. The Labute approximate surface area is 124 Å². The third-order valence-corrected chi connectivity index (χ3v) is 5.58. The highest BCUT2D eigenvalue weighted by atomic mass is 35.5. The van der Waals surface area contributed by atoms with Gasteiger partial charge in [0.25, 0.3) is 0 Å². The Morgan fingerprint density at radius 2 is 1.37 bits per heavy atom. The maximum atomic E-state index is 6.47. The molecule has 0 aliphatic carbocycles. The molecule has 0 radical (unpaired) electrons. The highest BCUT2D eigenvalue weighted by Gasteiger charge is 2.20. The molecule has 0 spiro atoms. The number of halogens is 1. The lowest BCUT2D eigenvalue weighted by Crippen LogP contribution is -2.16. The number of hydrogen-bond donors (Lipinski definition) is 1. The molecule has 2 aromatic rings. The summed E-state index contributed by atoms with van der Waals surface area (Å²) >= 11 is 7.59. The fourth-order valence-electron chi connectivity index (χ4n) is 2.63. The first-order chi connectivity index (χ1) is 8.84. The molecule has 1 aromatic carbocycles. The fourth-order valence-corrected chi connectivity index (χ4v) is 3.71. The first kappa shape index (κ1) is 14.6. The normalized spacial score (nSPS) is 12.8. The standard InChI is InChI=1S/C16H20ClNS/c1-8-9(2)11(4)15(12(5)10(8)3)16(18)13-6-7-14(17)19-13/h6-7,16H,18H2,1-5H3. The zero-order valence-corrected chi connectivity index (χ0v) is 13.7. The van der Waals surface area contributed by atoms with Gasteiger partial charge in [0, 0.05) is 4.88 Å². The molecule has 1 heterocycles. The number of hydrogen-bond acceptors (Lipinski definition) is 2. The number of rotatable bonds is 2. The van der Waals surface area contributed by atoms with Gasteiger partial charge in [-0.25, -0.2) is 0 Å². The van der Waals surface area contributed by atoms with E-state index in [0.717, 1.165) is 9.21 Å². The zero-order valence-electron chi connectivity index (χ0n) is 12.1. The first-order valence-corrected chi connectivity index (χ1v) is 7.61. The van der Waals surface area contributed by atoms with Crippen LogP contribution in [0.2, 0.25) is 4.34 Å². The Bertz CT molecular complexity index is 599. The smallest absolute Gasteiger partial charge is 0.0931 e. The molecule has 2 rings (SSSR count). The number of nitrogens with two attached hydrogens (primary N) is 1. The SMILES string of the molecule is Cc1c(C)c(C)c(C(N)c2ccc(Cl)s2)c(C)c1C. The minimum absolute atomic E-state index is 0.0875. The van der Waals surface area contributed by atoms with Crippen LogP contribution in [-0.2, 0) is 0 Å². The summed E-state index contributed by atoms with van der Waals surface area (Å²) in [5.74, 6) is 0. The molecule has 1 atom stereocenters. The van der Waals surface area contributed by atoms with E-state index in [1.54, 1.807) is 11.3 Å². The molecular weight excluding hydrogens is 274 g/mol. The third-order valence-electron chi connectivity index (χ3n) is 4.27. The summed E-state index contributed by atoms with van der Waals surface area (Å²) < 4.78 is 0.793. The molecule has 3 heteroatoms. The summed E-state index contributed by atoms with van der Waals surface area (Å²) in [5.41, 5.74) is 14.4. The Kier molecular flexibility index (Phi) is 4.05. The Hall–Kier alpha value is -0.830. The van der Waals surface area contributed by atoms with Gasteiger partial charge >= 0.3 is 0 Å². The van der Waals surface area contributed by atoms with E-state index in [4.69, 9.17) is 17.3 Å². The van der Waals surface area contributed by atoms with E-state index in [1.165, 1.54) is 33.4 Å². The maximum Gasteiger partial charge on any atom is 0.0931 e. The molecule has 102 valence electrons. The predicted octanol–water partition coefficient (Wildman–Crippen LogP) is 4.99. The van der Waals surface area contributed by atoms with E-state index in [1.807, 2.05) is 12.1 Å². The highest BCUT2D eigenvalue weighted by molar-refractivity contribution is 7.16. The molecule has 0 fully saturated rings. The Balaban J connectivity index is 2.63. The molecule has 1 nitrogen and oxygen atoms in total. The maximum absolute atomic E-state index is 6.47. The van der Waals surface area contributed by atoms with Crippen LogP contribution in [0.4, 0.5) is 0 Å². The summed E-state index contributed by atoms with van der Waals surface area (Å²) in [5, 5.41) is 0. The lowest BCUT2D eigenvalue weighted by Gasteiger charge is -2.22. The lowest BCUT2D eigenvalue weighted by atomic mass is 9.86. The van der Waals surface area contributed by atoms with Gasteiger partial charge in [-0.15, -0.1) is 11.3 Å². The van der Waals surface area contributed by atoms with Gasteiger partial charge in [-0.3, -0.25) is 0 Å². The van der Waals surface area contributed by atoms with Gasteiger partial charge in [-0.2, -0.15) is 0 Å². The van der Waals surface area contributed by atoms with Crippen LogP contribution in [0, 0.1) is 34.6 Å².